The van der Waals surface area contributed by atoms with Crippen LogP contribution in [0.25, 0.3) is 0 Å². The number of aromatic nitrogens is 3. The van der Waals surface area contributed by atoms with E-state index in [2.05, 4.69) is 15.5 Å². The molecule has 1 fully saturated rings. The van der Waals surface area contributed by atoms with Crippen molar-refractivity contribution < 1.29 is 19.5 Å². The van der Waals surface area contributed by atoms with Gasteiger partial charge in [-0.1, -0.05) is 42.1 Å². The van der Waals surface area contributed by atoms with Crippen LogP contribution in [0.5, 0.6) is 0 Å². The first kappa shape index (κ1) is 22.9. The normalized spacial score (nSPS) is 19.7. The van der Waals surface area contributed by atoms with E-state index in [0.29, 0.717) is 11.3 Å². The molecule has 0 spiro atoms. The van der Waals surface area contributed by atoms with Gasteiger partial charge in [-0.15, -0.1) is 16.9 Å². The van der Waals surface area contributed by atoms with E-state index in [9.17, 15) is 29.1 Å². The van der Waals surface area contributed by atoms with Crippen molar-refractivity contribution in [3.8, 4) is 0 Å². The molecule has 2 aromatic rings. The second-order valence-electron chi connectivity index (χ2n) is 7.36. The third-order valence-electron chi connectivity index (χ3n) is 5.19. The second kappa shape index (κ2) is 9.27. The molecule has 0 radical (unpaired) electrons. The molecule has 2 amide bonds. The fraction of sp³-hybridized carbons (Fsp3) is 0.300. The summed E-state index contributed by atoms with van der Waals surface area (Å²) < 4.78 is 1.08. The summed E-state index contributed by atoms with van der Waals surface area (Å²) in [5, 5.41) is 18.1. The molecule has 0 aliphatic carbocycles. The summed E-state index contributed by atoms with van der Waals surface area (Å²) in [6.07, 6.45) is 0.121. The van der Waals surface area contributed by atoms with E-state index in [1.54, 1.807) is 0 Å². The summed E-state index contributed by atoms with van der Waals surface area (Å²) >= 11 is 2.43. The first-order valence-electron chi connectivity index (χ1n) is 9.79. The molecule has 11 nitrogen and oxygen atoms in total. The lowest BCUT2D eigenvalue weighted by atomic mass is 10.0. The minimum Gasteiger partial charge on any atom is -0.477 e. The highest BCUT2D eigenvalue weighted by molar-refractivity contribution is 8.01. The zero-order valence-electron chi connectivity index (χ0n) is 17.3. The van der Waals surface area contributed by atoms with E-state index in [1.165, 1.54) is 23.7 Å². The van der Waals surface area contributed by atoms with Crippen molar-refractivity contribution in [1.82, 2.24) is 25.0 Å². The number of amides is 2. The van der Waals surface area contributed by atoms with Crippen LogP contribution in [-0.2, 0) is 27.9 Å². The van der Waals surface area contributed by atoms with E-state index in [-0.39, 0.29) is 28.9 Å². The Hall–Kier alpha value is -3.32. The maximum Gasteiger partial charge on any atom is 0.352 e. The number of benzene rings is 1. The van der Waals surface area contributed by atoms with Crippen LogP contribution in [0.1, 0.15) is 5.56 Å². The summed E-state index contributed by atoms with van der Waals surface area (Å²) in [6.45, 7) is 0. The molecule has 1 aromatic carbocycles. The van der Waals surface area contributed by atoms with Crippen molar-refractivity contribution in [2.75, 3.05) is 11.5 Å². The molecule has 1 unspecified atom stereocenters. The number of fused-ring (bicyclic) bond motifs is 1. The van der Waals surface area contributed by atoms with Crippen LogP contribution in [0.2, 0.25) is 0 Å². The molecular weight excluding hydrogens is 470 g/mol. The number of β-lactam (4-membered cyclic amide) rings is 1. The first-order chi connectivity index (χ1) is 15.8. The predicted molar refractivity (Wildman–Crippen MR) is 121 cm³/mol. The summed E-state index contributed by atoms with van der Waals surface area (Å²) in [6, 6.07) is 8.31. The predicted octanol–water partition coefficient (Wildman–Crippen LogP) is -0.458. The van der Waals surface area contributed by atoms with Gasteiger partial charge in [0.05, 0.1) is 6.42 Å². The van der Waals surface area contributed by atoms with Crippen LogP contribution in [0.3, 0.4) is 0 Å². The SMILES string of the molecule is Cn1c(SCC2=C(C(=O)O)N3C(=O)C(NC(=O)Cc4ccccc4)[C@@H]3SC2)n[nH]c(=O)c1=O. The van der Waals surface area contributed by atoms with Crippen LogP contribution < -0.4 is 16.4 Å². The van der Waals surface area contributed by atoms with E-state index in [4.69, 9.17) is 0 Å². The molecule has 2 aliphatic heterocycles. The number of nitrogens with one attached hydrogen (secondary N) is 2. The zero-order valence-corrected chi connectivity index (χ0v) is 18.9. The third-order valence-corrected chi connectivity index (χ3v) is 7.64. The van der Waals surface area contributed by atoms with E-state index < -0.39 is 34.4 Å². The Morgan fingerprint density at radius 2 is 2.00 bits per heavy atom. The number of aromatic amines is 1. The molecule has 2 aliphatic rings. The largest absolute Gasteiger partial charge is 0.477 e. The van der Waals surface area contributed by atoms with Crippen LogP contribution in [0.4, 0.5) is 0 Å². The lowest BCUT2D eigenvalue weighted by Gasteiger charge is -2.49. The lowest BCUT2D eigenvalue weighted by Crippen LogP contribution is -2.70. The quantitative estimate of drug-likeness (QED) is 0.266. The van der Waals surface area contributed by atoms with Crippen LogP contribution in [-0.4, -0.2) is 65.5 Å². The number of carboxylic acid groups (broad SMARTS) is 1. The van der Waals surface area contributed by atoms with Gasteiger partial charge in [0, 0.05) is 18.6 Å². The Bertz CT molecular complexity index is 1270. The van der Waals surface area contributed by atoms with Gasteiger partial charge in [0.25, 0.3) is 5.91 Å². The fourth-order valence-corrected chi connectivity index (χ4v) is 5.95. The Morgan fingerprint density at radius 3 is 2.70 bits per heavy atom. The van der Waals surface area contributed by atoms with Gasteiger partial charge in [-0.2, -0.15) is 0 Å². The molecule has 33 heavy (non-hydrogen) atoms. The second-order valence-corrected chi connectivity index (χ2v) is 9.41. The van der Waals surface area contributed by atoms with E-state index in [0.717, 1.165) is 21.9 Å². The first-order valence-corrected chi connectivity index (χ1v) is 11.8. The molecule has 1 aromatic heterocycles. The molecule has 1 saturated heterocycles. The summed E-state index contributed by atoms with van der Waals surface area (Å²) in [7, 11) is 1.40. The number of nitrogens with zero attached hydrogens (tertiary/aromatic N) is 3. The lowest BCUT2D eigenvalue weighted by molar-refractivity contribution is -0.150. The molecular formula is C20H19N5O6S2. The topological polar surface area (TPSA) is 154 Å². The number of carboxylic acids is 1. The Balaban J connectivity index is 1.47. The van der Waals surface area contributed by atoms with Gasteiger partial charge in [-0.3, -0.25) is 28.6 Å². The summed E-state index contributed by atoms with van der Waals surface area (Å²) in [4.78, 5) is 61.4. The van der Waals surface area contributed by atoms with E-state index >= 15 is 0 Å². The Kier molecular flexibility index (Phi) is 6.42. The average Bonchev–Trinajstić information content (AvgIpc) is 2.80. The highest BCUT2D eigenvalue weighted by Gasteiger charge is 2.54. The third kappa shape index (κ3) is 4.46. The maximum absolute atomic E-state index is 12.8. The highest BCUT2D eigenvalue weighted by Crippen LogP contribution is 2.41. The van der Waals surface area contributed by atoms with Gasteiger partial charge in [-0.25, -0.2) is 9.89 Å². The van der Waals surface area contributed by atoms with Crippen LogP contribution in [0.15, 0.2) is 56.3 Å². The summed E-state index contributed by atoms with van der Waals surface area (Å²) in [5.41, 5.74) is -0.457. The van der Waals surface area contributed by atoms with Crippen LogP contribution in [0, 0.1) is 0 Å². The van der Waals surface area contributed by atoms with Crippen molar-refractivity contribution in [3.63, 3.8) is 0 Å². The van der Waals surface area contributed by atoms with Crippen molar-refractivity contribution in [3.05, 3.63) is 67.9 Å². The number of H-pyrrole nitrogens is 1. The van der Waals surface area contributed by atoms with Crippen molar-refractivity contribution in [2.45, 2.75) is 23.0 Å². The maximum atomic E-state index is 12.8. The van der Waals surface area contributed by atoms with Gasteiger partial charge in [0.2, 0.25) is 5.91 Å². The zero-order chi connectivity index (χ0) is 23.7. The van der Waals surface area contributed by atoms with Gasteiger partial charge < -0.3 is 10.4 Å². The van der Waals surface area contributed by atoms with Gasteiger partial charge >= 0.3 is 17.1 Å². The molecule has 2 atom stereocenters. The highest BCUT2D eigenvalue weighted by atomic mass is 32.2. The number of rotatable bonds is 7. The number of carbonyl (C=O) groups excluding carboxylic acids is 2. The van der Waals surface area contributed by atoms with Crippen molar-refractivity contribution >= 4 is 41.3 Å². The van der Waals surface area contributed by atoms with Crippen molar-refractivity contribution in [2.24, 2.45) is 7.05 Å². The molecule has 4 rings (SSSR count). The minimum atomic E-state index is -1.25. The van der Waals surface area contributed by atoms with Gasteiger partial charge in [-0.05, 0) is 11.1 Å². The van der Waals surface area contributed by atoms with Crippen LogP contribution >= 0.6 is 23.5 Å². The number of aliphatic carboxylic acids is 1. The number of hydrogen-bond acceptors (Lipinski definition) is 8. The van der Waals surface area contributed by atoms with E-state index in [1.807, 2.05) is 30.3 Å². The minimum absolute atomic E-state index is 0.121. The number of carbonyl (C=O) groups is 3. The van der Waals surface area contributed by atoms with Gasteiger partial charge in [0.15, 0.2) is 5.16 Å². The molecule has 3 heterocycles. The smallest absolute Gasteiger partial charge is 0.352 e. The molecule has 0 bridgehead atoms. The molecule has 0 saturated carbocycles. The number of thioether (sulfide) groups is 2. The average molecular weight is 490 g/mol. The van der Waals surface area contributed by atoms with Gasteiger partial charge in [0.1, 0.15) is 17.1 Å². The fourth-order valence-electron chi connectivity index (χ4n) is 3.54. The standard InChI is InChI=1S/C20H19N5O6S2/c1-24-17(29)15(27)22-23-20(24)33-9-11-8-32-18-13(16(28)25(18)14(11)19(30)31)21-12(26)7-10-5-3-2-4-6-10/h2-6,13,18H,7-9H2,1H3,(H,21,26)(H,22,27)(H,30,31)/t13?,18-/m0/s1. The van der Waals surface area contributed by atoms with Crippen molar-refractivity contribution in [1.29, 1.82) is 0 Å². The molecule has 172 valence electrons. The monoisotopic (exact) mass is 489 g/mol. The Labute approximate surface area is 195 Å². The number of hydrogen-bond donors (Lipinski definition) is 3. The summed E-state index contributed by atoms with van der Waals surface area (Å²) in [5.74, 6) is -1.56. The molecule has 13 heteroatoms. The molecule has 3 N–H and O–H groups in total. The Morgan fingerprint density at radius 1 is 1.27 bits per heavy atom.